The molecule has 1 N–H and O–H groups in total. The molecule has 0 saturated carbocycles. The first-order valence-corrected chi connectivity index (χ1v) is 9.79. The molecular weight excluding hydrogens is 379 g/mol. The number of carboxylic acid groups (broad SMARTS) is 1. The summed E-state index contributed by atoms with van der Waals surface area (Å²) in [6.07, 6.45) is 0.515. The molecule has 30 heavy (non-hydrogen) atoms. The van der Waals surface area contributed by atoms with Crippen molar-refractivity contribution in [2.24, 2.45) is 0 Å². The summed E-state index contributed by atoms with van der Waals surface area (Å²) in [6, 6.07) is 26.4. The largest absolute Gasteiger partial charge is 0.488 e. The van der Waals surface area contributed by atoms with E-state index in [-0.39, 0.29) is 18.8 Å². The second-order valence-electron chi connectivity index (χ2n) is 7.20. The van der Waals surface area contributed by atoms with Gasteiger partial charge in [0, 0.05) is 12.0 Å². The van der Waals surface area contributed by atoms with Gasteiger partial charge >= 0.3 is 5.97 Å². The van der Waals surface area contributed by atoms with E-state index in [1.54, 1.807) is 6.07 Å². The number of hydrogen-bond donors (Lipinski definition) is 1. The molecule has 4 aromatic rings. The molecule has 0 aliphatic heterocycles. The average Bonchev–Trinajstić information content (AvgIpc) is 2.76. The molecule has 4 rings (SSSR count). The minimum Gasteiger partial charge on any atom is -0.488 e. The van der Waals surface area contributed by atoms with Gasteiger partial charge in [-0.2, -0.15) is 0 Å². The summed E-state index contributed by atoms with van der Waals surface area (Å²) in [6.45, 7) is 0.243. The number of aryl methyl sites for hydroxylation is 1. The van der Waals surface area contributed by atoms with E-state index in [9.17, 15) is 9.18 Å². The van der Waals surface area contributed by atoms with E-state index >= 15 is 0 Å². The molecule has 0 unspecified atom stereocenters. The number of aliphatic carboxylic acids is 1. The van der Waals surface area contributed by atoms with Gasteiger partial charge in [-0.1, -0.05) is 54.6 Å². The molecule has 4 heteroatoms. The lowest BCUT2D eigenvalue weighted by atomic mass is 9.97. The van der Waals surface area contributed by atoms with Crippen molar-refractivity contribution in [3.05, 3.63) is 102 Å². The molecule has 0 aromatic heterocycles. The average molecular weight is 400 g/mol. The fraction of sp³-hybridized carbons (Fsp3) is 0.115. The lowest BCUT2D eigenvalue weighted by Gasteiger charge is -2.14. The third-order valence-corrected chi connectivity index (χ3v) is 5.02. The second kappa shape index (κ2) is 8.78. The van der Waals surface area contributed by atoms with E-state index in [0.717, 1.165) is 33.0 Å². The number of rotatable bonds is 7. The summed E-state index contributed by atoms with van der Waals surface area (Å²) in [5, 5.41) is 11.3. The van der Waals surface area contributed by atoms with E-state index in [1.165, 1.54) is 12.1 Å². The summed E-state index contributed by atoms with van der Waals surface area (Å²) in [4.78, 5) is 11.0. The molecule has 0 aliphatic rings. The van der Waals surface area contributed by atoms with Crippen molar-refractivity contribution >= 4 is 16.7 Å². The van der Waals surface area contributed by atoms with Gasteiger partial charge in [0.25, 0.3) is 0 Å². The normalized spacial score (nSPS) is 10.8. The maximum absolute atomic E-state index is 13.5. The minimum absolute atomic E-state index is 0.0701. The van der Waals surface area contributed by atoms with Gasteiger partial charge in [0.1, 0.15) is 18.2 Å². The van der Waals surface area contributed by atoms with E-state index in [0.29, 0.717) is 12.2 Å². The van der Waals surface area contributed by atoms with E-state index in [2.05, 4.69) is 24.3 Å². The van der Waals surface area contributed by atoms with Crippen molar-refractivity contribution in [2.45, 2.75) is 19.4 Å². The van der Waals surface area contributed by atoms with E-state index in [4.69, 9.17) is 9.84 Å². The Labute approximate surface area is 174 Å². The van der Waals surface area contributed by atoms with Gasteiger partial charge in [-0.25, -0.2) is 4.39 Å². The highest BCUT2D eigenvalue weighted by atomic mass is 19.1. The molecule has 0 atom stereocenters. The molecular formula is C26H21FO3. The van der Waals surface area contributed by atoms with Crippen molar-refractivity contribution in [1.29, 1.82) is 0 Å². The SMILES string of the molecule is O=C(O)CCc1ccc(OCc2cccc(F)c2)c(-c2ccc3ccccc3c2)c1. The van der Waals surface area contributed by atoms with E-state index < -0.39 is 5.97 Å². The first kappa shape index (κ1) is 19.6. The van der Waals surface area contributed by atoms with Gasteiger partial charge in [-0.3, -0.25) is 4.79 Å². The maximum atomic E-state index is 13.5. The Bertz CT molecular complexity index is 1200. The fourth-order valence-electron chi connectivity index (χ4n) is 3.48. The summed E-state index contributed by atoms with van der Waals surface area (Å²) >= 11 is 0. The van der Waals surface area contributed by atoms with Crippen molar-refractivity contribution in [1.82, 2.24) is 0 Å². The number of fused-ring (bicyclic) bond motifs is 1. The highest BCUT2D eigenvalue weighted by Gasteiger charge is 2.11. The predicted octanol–water partition coefficient (Wildman–Crippen LogP) is 6.24. The maximum Gasteiger partial charge on any atom is 0.303 e. The molecule has 0 fully saturated rings. The van der Waals surface area contributed by atoms with Crippen LogP contribution in [0.2, 0.25) is 0 Å². The van der Waals surface area contributed by atoms with Crippen molar-refractivity contribution < 1.29 is 19.0 Å². The van der Waals surface area contributed by atoms with Gasteiger partial charge < -0.3 is 9.84 Å². The summed E-state index contributed by atoms with van der Waals surface area (Å²) < 4.78 is 19.5. The highest BCUT2D eigenvalue weighted by Crippen LogP contribution is 2.34. The van der Waals surface area contributed by atoms with Crippen LogP contribution in [0, 0.1) is 5.82 Å². The Hall–Kier alpha value is -3.66. The zero-order valence-electron chi connectivity index (χ0n) is 16.3. The Morgan fingerprint density at radius 3 is 2.47 bits per heavy atom. The van der Waals surface area contributed by atoms with Gasteiger partial charge in [-0.05, 0) is 64.2 Å². The fourth-order valence-corrected chi connectivity index (χ4v) is 3.48. The summed E-state index contributed by atoms with van der Waals surface area (Å²) in [5.41, 5.74) is 3.55. The van der Waals surface area contributed by atoms with Crippen LogP contribution in [0.5, 0.6) is 5.75 Å². The van der Waals surface area contributed by atoms with Crippen LogP contribution >= 0.6 is 0 Å². The van der Waals surface area contributed by atoms with Gasteiger partial charge in [0.05, 0.1) is 0 Å². The number of halogens is 1. The van der Waals surface area contributed by atoms with Gasteiger partial charge in [0.2, 0.25) is 0 Å². The van der Waals surface area contributed by atoms with Crippen molar-refractivity contribution in [3.8, 4) is 16.9 Å². The molecule has 0 heterocycles. The summed E-state index contributed by atoms with van der Waals surface area (Å²) in [7, 11) is 0. The molecule has 150 valence electrons. The molecule has 0 spiro atoms. The molecule has 4 aromatic carbocycles. The zero-order valence-corrected chi connectivity index (χ0v) is 16.3. The number of hydrogen-bond acceptors (Lipinski definition) is 2. The number of ether oxygens (including phenoxy) is 1. The first-order chi connectivity index (χ1) is 14.6. The molecule has 0 bridgehead atoms. The van der Waals surface area contributed by atoms with Crippen LogP contribution in [0.4, 0.5) is 4.39 Å². The summed E-state index contributed by atoms with van der Waals surface area (Å²) in [5.74, 6) is -0.447. The lowest BCUT2D eigenvalue weighted by Crippen LogP contribution is -2.00. The third kappa shape index (κ3) is 4.66. The van der Waals surface area contributed by atoms with Crippen LogP contribution in [0.15, 0.2) is 84.9 Å². The molecule has 3 nitrogen and oxygen atoms in total. The van der Waals surface area contributed by atoms with Crippen molar-refractivity contribution in [2.75, 3.05) is 0 Å². The third-order valence-electron chi connectivity index (χ3n) is 5.02. The van der Waals surface area contributed by atoms with E-state index in [1.807, 2.05) is 42.5 Å². The number of carbonyl (C=O) groups is 1. The molecule has 0 amide bonds. The molecule has 0 radical (unpaired) electrons. The Balaban J connectivity index is 1.69. The van der Waals surface area contributed by atoms with Gasteiger partial charge in [0.15, 0.2) is 0 Å². The smallest absolute Gasteiger partial charge is 0.303 e. The number of carboxylic acids is 1. The quantitative estimate of drug-likeness (QED) is 0.399. The zero-order chi connectivity index (χ0) is 20.9. The lowest BCUT2D eigenvalue weighted by molar-refractivity contribution is -0.136. The molecule has 0 aliphatic carbocycles. The van der Waals surface area contributed by atoms with Crippen LogP contribution in [0.1, 0.15) is 17.5 Å². The monoisotopic (exact) mass is 400 g/mol. The highest BCUT2D eigenvalue weighted by molar-refractivity contribution is 5.88. The molecule has 0 saturated heterocycles. The van der Waals surface area contributed by atoms with Crippen LogP contribution in [-0.4, -0.2) is 11.1 Å². The Kier molecular flexibility index (Phi) is 5.75. The Morgan fingerprint density at radius 2 is 1.67 bits per heavy atom. The second-order valence-corrected chi connectivity index (χ2v) is 7.20. The van der Waals surface area contributed by atoms with Crippen LogP contribution in [0.25, 0.3) is 21.9 Å². The van der Waals surface area contributed by atoms with Crippen LogP contribution in [-0.2, 0) is 17.8 Å². The van der Waals surface area contributed by atoms with Crippen molar-refractivity contribution in [3.63, 3.8) is 0 Å². The van der Waals surface area contributed by atoms with Crippen LogP contribution < -0.4 is 4.74 Å². The van der Waals surface area contributed by atoms with Gasteiger partial charge in [-0.15, -0.1) is 0 Å². The topological polar surface area (TPSA) is 46.5 Å². The van der Waals surface area contributed by atoms with Crippen LogP contribution in [0.3, 0.4) is 0 Å². The predicted molar refractivity (Wildman–Crippen MR) is 116 cm³/mol. The minimum atomic E-state index is -0.825. The first-order valence-electron chi connectivity index (χ1n) is 9.79. The Morgan fingerprint density at radius 1 is 0.833 bits per heavy atom. The number of benzene rings is 4. The standard InChI is InChI=1S/C26H21FO3/c27-23-7-3-4-19(14-23)17-30-25-12-8-18(9-13-26(28)29)15-24(25)22-11-10-20-5-1-2-6-21(20)16-22/h1-8,10-12,14-16H,9,13,17H2,(H,28,29).